The monoisotopic (exact) mass is 531 g/mol. The van der Waals surface area contributed by atoms with Crippen molar-refractivity contribution in [2.24, 2.45) is 5.92 Å². The number of aliphatic hydroxyl groups is 2. The number of hydrogen-bond acceptors (Lipinski definition) is 6. The molecule has 0 radical (unpaired) electrons. The predicted molar refractivity (Wildman–Crippen MR) is 149 cm³/mol. The second-order valence-electron chi connectivity index (χ2n) is 10.4. The van der Waals surface area contributed by atoms with Crippen LogP contribution in [-0.2, 0) is 22.6 Å². The molecule has 2 heterocycles. The molecule has 2 amide bonds. The zero-order valence-electron chi connectivity index (χ0n) is 22.2. The summed E-state index contributed by atoms with van der Waals surface area (Å²) < 4.78 is 13.1. The van der Waals surface area contributed by atoms with Crippen LogP contribution in [0.3, 0.4) is 0 Å². The van der Waals surface area contributed by atoms with Crippen LogP contribution in [0.15, 0.2) is 78.9 Å². The van der Waals surface area contributed by atoms with Crippen molar-refractivity contribution >= 4 is 11.7 Å². The molecule has 39 heavy (non-hydrogen) atoms. The summed E-state index contributed by atoms with van der Waals surface area (Å²) in [5.74, 6) is 0.0593. The molecule has 0 spiro atoms. The maximum absolute atomic E-state index is 12.5. The fraction of sp³-hybridized carbons (Fsp3) is 0.387. The normalized spacial score (nSPS) is 25.4. The highest BCUT2D eigenvalue weighted by atomic mass is 16.7. The molecule has 0 unspecified atom stereocenters. The molecule has 2 fully saturated rings. The Kier molecular flexibility index (Phi) is 8.91. The SMILES string of the molecule is C[C@H]1[C@@H](CN2CC[C@H](O)C2)O[C@@H](c2cccc(NC(=O)NCc3ccccc3)c2)O[C@H]1c1ccc(CO)cc1. The number of likely N-dealkylation sites (tertiary alicyclic amines) is 1. The van der Waals surface area contributed by atoms with Gasteiger partial charge in [0.1, 0.15) is 0 Å². The molecule has 2 aliphatic rings. The molecule has 206 valence electrons. The van der Waals surface area contributed by atoms with E-state index in [4.69, 9.17) is 9.47 Å². The number of aliphatic hydroxyl groups excluding tert-OH is 2. The molecule has 0 aliphatic carbocycles. The molecule has 3 aromatic rings. The number of nitrogens with zero attached hydrogens (tertiary/aromatic N) is 1. The summed E-state index contributed by atoms with van der Waals surface area (Å²) in [4.78, 5) is 14.8. The fourth-order valence-corrected chi connectivity index (χ4v) is 5.28. The largest absolute Gasteiger partial charge is 0.392 e. The van der Waals surface area contributed by atoms with Crippen LogP contribution in [0.1, 0.15) is 48.0 Å². The van der Waals surface area contributed by atoms with Crippen LogP contribution >= 0.6 is 0 Å². The van der Waals surface area contributed by atoms with Gasteiger partial charge in [-0.25, -0.2) is 4.79 Å². The summed E-state index contributed by atoms with van der Waals surface area (Å²) in [5.41, 5.74) is 4.35. The predicted octanol–water partition coefficient (Wildman–Crippen LogP) is 4.36. The molecule has 3 aromatic carbocycles. The maximum Gasteiger partial charge on any atom is 0.319 e. The van der Waals surface area contributed by atoms with Gasteiger partial charge in [0.25, 0.3) is 0 Å². The number of carbonyl (C=O) groups excluding carboxylic acids is 1. The quantitative estimate of drug-likeness (QED) is 0.345. The van der Waals surface area contributed by atoms with Crippen LogP contribution in [0.4, 0.5) is 10.5 Å². The molecule has 0 aromatic heterocycles. The Morgan fingerprint density at radius 1 is 0.974 bits per heavy atom. The Hall–Kier alpha value is -3.27. The van der Waals surface area contributed by atoms with E-state index in [1.807, 2.05) is 78.9 Å². The van der Waals surface area contributed by atoms with Gasteiger partial charge in [0.15, 0.2) is 6.29 Å². The number of anilines is 1. The van der Waals surface area contributed by atoms with Crippen LogP contribution in [0.5, 0.6) is 0 Å². The van der Waals surface area contributed by atoms with E-state index in [0.29, 0.717) is 25.3 Å². The van der Waals surface area contributed by atoms with Gasteiger partial charge in [0.05, 0.1) is 24.9 Å². The van der Waals surface area contributed by atoms with E-state index in [9.17, 15) is 15.0 Å². The average Bonchev–Trinajstić information content (AvgIpc) is 3.38. The Labute approximate surface area is 229 Å². The minimum Gasteiger partial charge on any atom is -0.392 e. The highest BCUT2D eigenvalue weighted by molar-refractivity contribution is 5.89. The van der Waals surface area contributed by atoms with E-state index in [-0.39, 0.29) is 36.9 Å². The Bertz CT molecular complexity index is 1220. The lowest BCUT2D eigenvalue weighted by Gasteiger charge is -2.42. The zero-order valence-corrected chi connectivity index (χ0v) is 22.2. The van der Waals surface area contributed by atoms with Crippen molar-refractivity contribution < 1.29 is 24.5 Å². The molecule has 0 saturated carbocycles. The molecule has 5 atom stereocenters. The van der Waals surface area contributed by atoms with Gasteiger partial charge in [-0.05, 0) is 35.2 Å². The summed E-state index contributed by atoms with van der Waals surface area (Å²) in [6.07, 6.45) is -0.501. The van der Waals surface area contributed by atoms with Crippen molar-refractivity contribution in [2.75, 3.05) is 25.0 Å². The average molecular weight is 532 g/mol. The lowest BCUT2D eigenvalue weighted by molar-refractivity contribution is -0.276. The summed E-state index contributed by atoms with van der Waals surface area (Å²) in [5, 5.41) is 25.3. The van der Waals surface area contributed by atoms with Crippen LogP contribution in [0, 0.1) is 5.92 Å². The topological polar surface area (TPSA) is 103 Å². The molecule has 2 saturated heterocycles. The van der Waals surface area contributed by atoms with Gasteiger partial charge >= 0.3 is 6.03 Å². The van der Waals surface area contributed by atoms with Gasteiger partial charge in [-0.2, -0.15) is 0 Å². The van der Waals surface area contributed by atoms with E-state index in [1.165, 1.54) is 0 Å². The Morgan fingerprint density at radius 2 is 1.77 bits per heavy atom. The summed E-state index contributed by atoms with van der Waals surface area (Å²) >= 11 is 0. The highest BCUT2D eigenvalue weighted by Gasteiger charge is 2.40. The third-order valence-corrected chi connectivity index (χ3v) is 7.52. The van der Waals surface area contributed by atoms with Crippen LogP contribution < -0.4 is 10.6 Å². The lowest BCUT2D eigenvalue weighted by Crippen LogP contribution is -2.44. The van der Waals surface area contributed by atoms with E-state index in [2.05, 4.69) is 22.5 Å². The molecule has 2 aliphatic heterocycles. The summed E-state index contributed by atoms with van der Waals surface area (Å²) in [7, 11) is 0. The zero-order chi connectivity index (χ0) is 27.2. The number of amides is 2. The van der Waals surface area contributed by atoms with Crippen molar-refractivity contribution in [3.8, 4) is 0 Å². The number of carbonyl (C=O) groups is 1. The van der Waals surface area contributed by atoms with Crippen molar-refractivity contribution in [3.63, 3.8) is 0 Å². The highest BCUT2D eigenvalue weighted by Crippen LogP contribution is 2.42. The molecule has 8 nitrogen and oxygen atoms in total. The van der Waals surface area contributed by atoms with Gasteiger partial charge in [-0.3, -0.25) is 4.90 Å². The second-order valence-corrected chi connectivity index (χ2v) is 10.4. The van der Waals surface area contributed by atoms with Gasteiger partial charge < -0.3 is 30.3 Å². The van der Waals surface area contributed by atoms with Crippen molar-refractivity contribution in [1.29, 1.82) is 0 Å². The van der Waals surface area contributed by atoms with E-state index >= 15 is 0 Å². The van der Waals surface area contributed by atoms with Crippen molar-refractivity contribution in [2.45, 2.75) is 51.1 Å². The number of rotatable bonds is 8. The van der Waals surface area contributed by atoms with E-state index in [0.717, 1.165) is 35.2 Å². The molecule has 4 N–H and O–H groups in total. The van der Waals surface area contributed by atoms with Gasteiger partial charge in [-0.15, -0.1) is 0 Å². The van der Waals surface area contributed by atoms with Gasteiger partial charge in [-0.1, -0.05) is 73.7 Å². The molecular formula is C31H37N3O5. The number of β-amino-alcohol motifs (C(OH)–C–C–N with tert-alkyl or cyclic N) is 1. The summed E-state index contributed by atoms with van der Waals surface area (Å²) in [6.45, 7) is 4.74. The molecular weight excluding hydrogens is 494 g/mol. The van der Waals surface area contributed by atoms with E-state index in [1.54, 1.807) is 0 Å². The first-order valence-electron chi connectivity index (χ1n) is 13.6. The van der Waals surface area contributed by atoms with Crippen LogP contribution in [0.25, 0.3) is 0 Å². The van der Waals surface area contributed by atoms with Gasteiger partial charge in [0.2, 0.25) is 0 Å². The minimum atomic E-state index is -0.629. The van der Waals surface area contributed by atoms with Crippen LogP contribution in [0.2, 0.25) is 0 Å². The van der Waals surface area contributed by atoms with Crippen LogP contribution in [-0.4, -0.2) is 53.0 Å². The third kappa shape index (κ3) is 7.03. The lowest BCUT2D eigenvalue weighted by atomic mass is 9.90. The first-order chi connectivity index (χ1) is 19.0. The number of ether oxygens (including phenoxy) is 2. The van der Waals surface area contributed by atoms with Crippen molar-refractivity contribution in [3.05, 3.63) is 101 Å². The Balaban J connectivity index is 1.31. The molecule has 5 rings (SSSR count). The third-order valence-electron chi connectivity index (χ3n) is 7.52. The maximum atomic E-state index is 12.5. The first kappa shape index (κ1) is 27.3. The minimum absolute atomic E-state index is 0.00821. The smallest absolute Gasteiger partial charge is 0.319 e. The van der Waals surface area contributed by atoms with E-state index < -0.39 is 6.29 Å². The second kappa shape index (κ2) is 12.7. The number of hydrogen-bond donors (Lipinski definition) is 4. The Morgan fingerprint density at radius 3 is 2.49 bits per heavy atom. The number of nitrogens with one attached hydrogen (secondary N) is 2. The van der Waals surface area contributed by atoms with Crippen molar-refractivity contribution in [1.82, 2.24) is 10.2 Å². The van der Waals surface area contributed by atoms with Gasteiger partial charge in [0, 0.05) is 43.3 Å². The molecule has 0 bridgehead atoms. The number of urea groups is 1. The standard InChI is InChI=1S/C31H37N3O5/c1-21-28(19-34-15-14-27(36)18-34)38-30(39-29(21)24-12-10-23(20-35)11-13-24)25-8-5-9-26(16-25)33-31(37)32-17-22-6-3-2-4-7-22/h2-13,16,21,27-30,35-36H,14-15,17-20H2,1H3,(H2,32,33,37)/t21-,27-,28+,29+,30+/m0/s1. The summed E-state index contributed by atoms with van der Waals surface area (Å²) in [6, 6.07) is 24.8. The fourth-order valence-electron chi connectivity index (χ4n) is 5.28. The number of benzene rings is 3. The molecule has 8 heteroatoms. The first-order valence-corrected chi connectivity index (χ1v) is 13.6.